The highest BCUT2D eigenvalue weighted by Crippen LogP contribution is 2.40. The number of hydrogen-bond donors (Lipinski definition) is 0. The number of nitriles is 1. The third-order valence-corrected chi connectivity index (χ3v) is 9.02. The molecule has 2 atom stereocenters. The molecule has 0 bridgehead atoms. The van der Waals surface area contributed by atoms with Crippen LogP contribution in [0.4, 0.5) is 5.82 Å². The van der Waals surface area contributed by atoms with Gasteiger partial charge in [-0.05, 0) is 57.2 Å². The second-order valence-electron chi connectivity index (χ2n) is 10.3. The summed E-state index contributed by atoms with van der Waals surface area (Å²) in [5, 5.41) is 9.98. The van der Waals surface area contributed by atoms with Gasteiger partial charge in [0.05, 0.1) is 23.5 Å². The fourth-order valence-corrected chi connectivity index (χ4v) is 6.86. The van der Waals surface area contributed by atoms with E-state index in [1.54, 1.807) is 29.4 Å². The Kier molecular flexibility index (Phi) is 10.1. The van der Waals surface area contributed by atoms with Crippen molar-refractivity contribution in [3.63, 3.8) is 0 Å². The number of aromatic nitrogens is 1. The van der Waals surface area contributed by atoms with Crippen molar-refractivity contribution in [2.45, 2.75) is 66.0 Å². The molecule has 1 aromatic carbocycles. The number of carbonyl (C=O) groups excluding carboxylic acids is 2. The number of thiocarbonyl (C=S) groups is 1. The van der Waals surface area contributed by atoms with Crippen LogP contribution < -0.4 is 10.5 Å². The standard InChI is InChI=1S/C31H36N4O4S2/c1-5-7-16-34-27(33-15-11-14-23(19-33)30(38)39-6-2)24(20(3)25(18-32)28(34)36)17-26-29(37)35(31(40)41-26)21(4)22-12-9-8-10-13-22/h8-10,12-13,17,21,23H,5-7,11,14-16,19H2,1-4H3/b26-17+. The number of thioether (sulfide) groups is 1. The van der Waals surface area contributed by atoms with Gasteiger partial charge in [-0.3, -0.25) is 23.9 Å². The van der Waals surface area contributed by atoms with Gasteiger partial charge in [-0.25, -0.2) is 0 Å². The summed E-state index contributed by atoms with van der Waals surface area (Å²) in [4.78, 5) is 44.2. The SMILES string of the molecule is CCCCn1c(N2CCCC(C(=O)OCC)C2)c(/C=C2/SC(=S)N(C(C)c3ccccc3)C2=O)c(C)c(C#N)c1=O. The monoisotopic (exact) mass is 592 g/mol. The number of rotatable bonds is 9. The summed E-state index contributed by atoms with van der Waals surface area (Å²) < 4.78 is 7.43. The molecular formula is C31H36N4O4S2. The van der Waals surface area contributed by atoms with Crippen molar-refractivity contribution in [1.82, 2.24) is 9.47 Å². The number of amides is 1. The highest BCUT2D eigenvalue weighted by Gasteiger charge is 2.37. The number of pyridine rings is 1. The maximum atomic E-state index is 13.8. The Hall–Kier alpha value is -3.42. The molecule has 4 rings (SSSR count). The summed E-state index contributed by atoms with van der Waals surface area (Å²) in [6.07, 6.45) is 4.83. The summed E-state index contributed by atoms with van der Waals surface area (Å²) in [5.41, 5.74) is 1.83. The van der Waals surface area contributed by atoms with E-state index >= 15 is 0 Å². The quantitative estimate of drug-likeness (QED) is 0.212. The molecule has 8 nitrogen and oxygen atoms in total. The number of hydrogen-bond acceptors (Lipinski definition) is 8. The average Bonchev–Trinajstić information content (AvgIpc) is 3.26. The van der Waals surface area contributed by atoms with Crippen LogP contribution in [0.3, 0.4) is 0 Å². The summed E-state index contributed by atoms with van der Waals surface area (Å²) in [5.74, 6) is -0.153. The Balaban J connectivity index is 1.84. The van der Waals surface area contributed by atoms with Crippen molar-refractivity contribution in [2.24, 2.45) is 5.92 Å². The Morgan fingerprint density at radius 1 is 1.27 bits per heavy atom. The van der Waals surface area contributed by atoms with Gasteiger partial charge in [0, 0.05) is 25.2 Å². The summed E-state index contributed by atoms with van der Waals surface area (Å²) >= 11 is 6.88. The van der Waals surface area contributed by atoms with E-state index in [4.69, 9.17) is 17.0 Å². The normalized spacial score (nSPS) is 19.0. The van der Waals surface area contributed by atoms with Crippen molar-refractivity contribution in [2.75, 3.05) is 24.6 Å². The van der Waals surface area contributed by atoms with Gasteiger partial charge in [0.15, 0.2) is 0 Å². The molecule has 0 spiro atoms. The van der Waals surface area contributed by atoms with Crippen LogP contribution in [-0.4, -0.2) is 45.4 Å². The minimum absolute atomic E-state index is 0.0585. The average molecular weight is 593 g/mol. The third kappa shape index (κ3) is 6.26. The molecule has 0 aliphatic carbocycles. The molecule has 41 heavy (non-hydrogen) atoms. The highest BCUT2D eigenvalue weighted by molar-refractivity contribution is 8.26. The minimum atomic E-state index is -0.353. The molecule has 1 amide bonds. The number of carbonyl (C=O) groups is 2. The first-order valence-electron chi connectivity index (χ1n) is 14.1. The highest BCUT2D eigenvalue weighted by atomic mass is 32.2. The van der Waals surface area contributed by atoms with Crippen molar-refractivity contribution in [1.29, 1.82) is 5.26 Å². The first-order chi connectivity index (χ1) is 19.7. The number of unbranched alkanes of at least 4 members (excludes halogenated alkanes) is 1. The molecule has 3 heterocycles. The molecule has 10 heteroatoms. The predicted octanol–water partition coefficient (Wildman–Crippen LogP) is 5.57. The van der Waals surface area contributed by atoms with E-state index in [1.807, 2.05) is 44.2 Å². The first-order valence-corrected chi connectivity index (χ1v) is 15.4. The lowest BCUT2D eigenvalue weighted by Crippen LogP contribution is -2.43. The second kappa shape index (κ2) is 13.5. The molecule has 2 aliphatic rings. The molecule has 1 aromatic heterocycles. The van der Waals surface area contributed by atoms with Crippen LogP contribution in [0.5, 0.6) is 0 Å². The van der Waals surface area contributed by atoms with Crippen LogP contribution in [-0.2, 0) is 20.9 Å². The van der Waals surface area contributed by atoms with Gasteiger partial charge in [0.2, 0.25) is 0 Å². The predicted molar refractivity (Wildman–Crippen MR) is 167 cm³/mol. The van der Waals surface area contributed by atoms with Gasteiger partial charge >= 0.3 is 5.97 Å². The Morgan fingerprint density at radius 3 is 2.66 bits per heavy atom. The van der Waals surface area contributed by atoms with Gasteiger partial charge < -0.3 is 9.64 Å². The van der Waals surface area contributed by atoms with Crippen LogP contribution in [0.1, 0.15) is 74.8 Å². The summed E-state index contributed by atoms with van der Waals surface area (Å²) in [6, 6.07) is 11.6. The van der Waals surface area contributed by atoms with Crippen LogP contribution in [0.25, 0.3) is 6.08 Å². The fraction of sp³-hybridized carbons (Fsp3) is 0.452. The van der Waals surface area contributed by atoms with Crippen LogP contribution >= 0.6 is 24.0 Å². The van der Waals surface area contributed by atoms with Crippen molar-refractivity contribution >= 4 is 52.1 Å². The van der Waals surface area contributed by atoms with E-state index in [9.17, 15) is 19.6 Å². The molecule has 0 saturated carbocycles. The van der Waals surface area contributed by atoms with Crippen molar-refractivity contribution in [3.8, 4) is 6.07 Å². The lowest BCUT2D eigenvalue weighted by molar-refractivity contribution is -0.148. The Morgan fingerprint density at radius 2 is 2.00 bits per heavy atom. The van der Waals surface area contributed by atoms with Gasteiger partial charge in [0.1, 0.15) is 21.8 Å². The Bertz CT molecular complexity index is 1460. The third-order valence-electron chi connectivity index (χ3n) is 7.69. The zero-order valence-electron chi connectivity index (χ0n) is 24.0. The Labute approximate surface area is 251 Å². The number of anilines is 1. The lowest BCUT2D eigenvalue weighted by Gasteiger charge is -2.36. The zero-order chi connectivity index (χ0) is 29.7. The van der Waals surface area contributed by atoms with Gasteiger partial charge in [-0.2, -0.15) is 5.26 Å². The van der Waals surface area contributed by atoms with Gasteiger partial charge in [-0.1, -0.05) is 67.7 Å². The van der Waals surface area contributed by atoms with Crippen LogP contribution in [0, 0.1) is 24.2 Å². The maximum absolute atomic E-state index is 13.8. The number of benzene rings is 1. The number of ether oxygens (including phenoxy) is 1. The fourth-order valence-electron chi connectivity index (χ4n) is 5.46. The molecule has 2 aliphatic heterocycles. The van der Waals surface area contributed by atoms with Crippen molar-refractivity contribution in [3.05, 3.63) is 67.8 Å². The number of nitrogens with zero attached hydrogens (tertiary/aromatic N) is 4. The molecule has 0 N–H and O–H groups in total. The summed E-state index contributed by atoms with van der Waals surface area (Å²) in [6.45, 7) is 9.29. The van der Waals surface area contributed by atoms with E-state index in [0.717, 1.165) is 24.8 Å². The van der Waals surface area contributed by atoms with Crippen LogP contribution in [0.2, 0.25) is 0 Å². The van der Waals surface area contributed by atoms with Gasteiger partial charge in [0.25, 0.3) is 11.5 Å². The molecule has 216 valence electrons. The van der Waals surface area contributed by atoms with Gasteiger partial charge in [-0.15, -0.1) is 0 Å². The number of esters is 1. The topological polar surface area (TPSA) is 95.6 Å². The molecule has 0 radical (unpaired) electrons. The minimum Gasteiger partial charge on any atom is -0.466 e. The molecular weight excluding hydrogens is 556 g/mol. The van der Waals surface area contributed by atoms with Crippen LogP contribution in [0.15, 0.2) is 40.0 Å². The smallest absolute Gasteiger partial charge is 0.310 e. The molecule has 2 unspecified atom stereocenters. The first kappa shape index (κ1) is 30.5. The van der Waals surface area contributed by atoms with E-state index in [1.165, 1.54) is 11.8 Å². The van der Waals surface area contributed by atoms with E-state index < -0.39 is 0 Å². The lowest BCUT2D eigenvalue weighted by atomic mass is 9.96. The second-order valence-corrected chi connectivity index (χ2v) is 12.0. The van der Waals surface area contributed by atoms with E-state index in [0.29, 0.717) is 58.8 Å². The molecule has 2 saturated heterocycles. The number of piperidine rings is 1. The zero-order valence-corrected chi connectivity index (χ0v) is 25.6. The van der Waals surface area contributed by atoms with E-state index in [2.05, 4.69) is 11.0 Å². The van der Waals surface area contributed by atoms with E-state index in [-0.39, 0.29) is 35.0 Å². The maximum Gasteiger partial charge on any atom is 0.310 e. The van der Waals surface area contributed by atoms with Crippen molar-refractivity contribution < 1.29 is 14.3 Å². The largest absolute Gasteiger partial charge is 0.466 e. The molecule has 2 fully saturated rings. The summed E-state index contributed by atoms with van der Waals surface area (Å²) in [7, 11) is 0. The molecule has 2 aromatic rings.